The van der Waals surface area contributed by atoms with Crippen LogP contribution in [0.3, 0.4) is 0 Å². The van der Waals surface area contributed by atoms with Crippen LogP contribution in [0.1, 0.15) is 70.4 Å². The summed E-state index contributed by atoms with van der Waals surface area (Å²) in [5, 5.41) is 8.92. The second-order valence-electron chi connectivity index (χ2n) is 8.50. The Balaban J connectivity index is 1.90. The fraction of sp³-hybridized carbons (Fsp3) is 0.542. The fourth-order valence-corrected chi connectivity index (χ4v) is 3.46. The SMILES string of the molecule is CCCCCCCCc1cnc(-c2ccc(CC(C)(C)[C@H](F)C(=O)O)cc2)nc1. The van der Waals surface area contributed by atoms with Gasteiger partial charge in [0.15, 0.2) is 5.82 Å². The third-order valence-corrected chi connectivity index (χ3v) is 5.30. The normalized spacial score (nSPS) is 12.7. The third-order valence-electron chi connectivity index (χ3n) is 5.30. The lowest BCUT2D eigenvalue weighted by molar-refractivity contribution is -0.147. The van der Waals surface area contributed by atoms with Gasteiger partial charge in [0.25, 0.3) is 0 Å². The summed E-state index contributed by atoms with van der Waals surface area (Å²) in [5.41, 5.74) is 1.97. The van der Waals surface area contributed by atoms with Crippen molar-refractivity contribution in [1.29, 1.82) is 0 Å². The lowest BCUT2D eigenvalue weighted by Gasteiger charge is -2.26. The maximum absolute atomic E-state index is 13.9. The van der Waals surface area contributed by atoms with Gasteiger partial charge < -0.3 is 5.11 Å². The Labute approximate surface area is 173 Å². The van der Waals surface area contributed by atoms with E-state index in [-0.39, 0.29) is 0 Å². The van der Waals surface area contributed by atoms with Crippen LogP contribution in [0, 0.1) is 5.41 Å². The lowest BCUT2D eigenvalue weighted by atomic mass is 9.81. The molecule has 4 nitrogen and oxygen atoms in total. The van der Waals surface area contributed by atoms with Crippen molar-refractivity contribution >= 4 is 5.97 Å². The highest BCUT2D eigenvalue weighted by Crippen LogP contribution is 2.29. The van der Waals surface area contributed by atoms with Crippen LogP contribution in [-0.4, -0.2) is 27.2 Å². The van der Waals surface area contributed by atoms with E-state index in [0.717, 1.165) is 23.1 Å². The number of aliphatic carboxylic acids is 1. The van der Waals surface area contributed by atoms with Crippen LogP contribution >= 0.6 is 0 Å². The number of nitrogens with zero attached hydrogens (tertiary/aromatic N) is 2. The van der Waals surface area contributed by atoms with E-state index in [2.05, 4.69) is 16.9 Å². The summed E-state index contributed by atoms with van der Waals surface area (Å²) in [4.78, 5) is 19.9. The van der Waals surface area contributed by atoms with Crippen LogP contribution in [0.2, 0.25) is 0 Å². The van der Waals surface area contributed by atoms with Gasteiger partial charge in [-0.05, 0) is 30.4 Å². The van der Waals surface area contributed by atoms with Crippen molar-refractivity contribution in [2.75, 3.05) is 0 Å². The van der Waals surface area contributed by atoms with Crippen LogP contribution in [0.15, 0.2) is 36.7 Å². The number of aryl methyl sites for hydroxylation is 1. The summed E-state index contributed by atoms with van der Waals surface area (Å²) in [6, 6.07) is 7.59. The van der Waals surface area contributed by atoms with Gasteiger partial charge in [-0.1, -0.05) is 77.1 Å². The van der Waals surface area contributed by atoms with Crippen molar-refractivity contribution in [3.8, 4) is 11.4 Å². The molecule has 0 bridgehead atoms. The van der Waals surface area contributed by atoms with E-state index in [1.165, 1.54) is 38.5 Å². The summed E-state index contributed by atoms with van der Waals surface area (Å²) in [7, 11) is 0. The maximum Gasteiger partial charge on any atom is 0.338 e. The molecule has 0 aliphatic rings. The molecule has 1 atom stereocenters. The second-order valence-corrected chi connectivity index (χ2v) is 8.50. The minimum Gasteiger partial charge on any atom is -0.479 e. The number of rotatable bonds is 12. The number of hydrogen-bond acceptors (Lipinski definition) is 3. The summed E-state index contributed by atoms with van der Waals surface area (Å²) < 4.78 is 13.9. The quantitative estimate of drug-likeness (QED) is 0.441. The van der Waals surface area contributed by atoms with Crippen molar-refractivity contribution in [3.63, 3.8) is 0 Å². The molecule has 158 valence electrons. The number of carbonyl (C=O) groups is 1. The van der Waals surface area contributed by atoms with Crippen LogP contribution in [0.25, 0.3) is 11.4 Å². The molecule has 0 saturated carbocycles. The molecule has 0 fully saturated rings. The first-order valence-electron chi connectivity index (χ1n) is 10.6. The van der Waals surface area contributed by atoms with E-state index < -0.39 is 17.6 Å². The fourth-order valence-electron chi connectivity index (χ4n) is 3.46. The molecule has 5 heteroatoms. The van der Waals surface area contributed by atoms with Crippen molar-refractivity contribution in [2.24, 2.45) is 5.41 Å². The second kappa shape index (κ2) is 11.0. The van der Waals surface area contributed by atoms with Gasteiger partial charge in [-0.3, -0.25) is 0 Å². The van der Waals surface area contributed by atoms with Gasteiger partial charge in [0.2, 0.25) is 6.17 Å². The number of halogens is 1. The van der Waals surface area contributed by atoms with E-state index >= 15 is 0 Å². The lowest BCUT2D eigenvalue weighted by Crippen LogP contribution is -2.34. The van der Waals surface area contributed by atoms with Crippen LogP contribution in [-0.2, 0) is 17.6 Å². The highest BCUT2D eigenvalue weighted by Gasteiger charge is 2.35. The molecule has 0 saturated heterocycles. The summed E-state index contributed by atoms with van der Waals surface area (Å²) >= 11 is 0. The van der Waals surface area contributed by atoms with E-state index in [1.807, 2.05) is 36.7 Å². The van der Waals surface area contributed by atoms with Gasteiger partial charge in [0.05, 0.1) is 0 Å². The molecule has 0 unspecified atom stereocenters. The highest BCUT2D eigenvalue weighted by molar-refractivity contribution is 5.73. The Morgan fingerprint density at radius 2 is 1.59 bits per heavy atom. The largest absolute Gasteiger partial charge is 0.479 e. The Kier molecular flexibility index (Phi) is 8.74. The van der Waals surface area contributed by atoms with E-state index in [1.54, 1.807) is 13.8 Å². The van der Waals surface area contributed by atoms with Crippen LogP contribution < -0.4 is 0 Å². The molecule has 0 aliphatic carbocycles. The smallest absolute Gasteiger partial charge is 0.338 e. The Morgan fingerprint density at radius 3 is 2.17 bits per heavy atom. The topological polar surface area (TPSA) is 63.1 Å². The molecule has 0 spiro atoms. The predicted molar refractivity (Wildman–Crippen MR) is 115 cm³/mol. The Hall–Kier alpha value is -2.30. The minimum absolute atomic E-state index is 0.346. The maximum atomic E-state index is 13.9. The van der Waals surface area contributed by atoms with Gasteiger partial charge in [-0.25, -0.2) is 19.2 Å². The third kappa shape index (κ3) is 7.22. The van der Waals surface area contributed by atoms with Gasteiger partial charge in [0, 0.05) is 23.4 Å². The van der Waals surface area contributed by atoms with E-state index in [0.29, 0.717) is 12.2 Å². The zero-order valence-electron chi connectivity index (χ0n) is 17.8. The number of hydrogen-bond donors (Lipinski definition) is 1. The number of benzene rings is 1. The zero-order chi connectivity index (χ0) is 21.3. The number of aromatic nitrogens is 2. The first kappa shape index (κ1) is 23.0. The van der Waals surface area contributed by atoms with Crippen molar-refractivity contribution in [3.05, 3.63) is 47.8 Å². The summed E-state index contributed by atoms with van der Waals surface area (Å²) in [6.45, 7) is 5.49. The van der Waals surface area contributed by atoms with Gasteiger partial charge >= 0.3 is 5.97 Å². The van der Waals surface area contributed by atoms with Gasteiger partial charge in [0.1, 0.15) is 0 Å². The molecule has 1 aromatic heterocycles. The molecule has 0 aliphatic heterocycles. The number of carboxylic acids is 1. The van der Waals surface area contributed by atoms with E-state index in [9.17, 15) is 9.18 Å². The Bertz CT molecular complexity index is 757. The molecule has 29 heavy (non-hydrogen) atoms. The highest BCUT2D eigenvalue weighted by atomic mass is 19.1. The summed E-state index contributed by atoms with van der Waals surface area (Å²) in [5.74, 6) is -0.752. The molecule has 1 heterocycles. The predicted octanol–water partition coefficient (Wildman–Crippen LogP) is 6.04. The zero-order valence-corrected chi connectivity index (χ0v) is 17.8. The molecular formula is C24H33FN2O2. The number of unbranched alkanes of at least 4 members (excludes halogenated alkanes) is 5. The molecule has 1 N–H and O–H groups in total. The molecular weight excluding hydrogens is 367 g/mol. The summed E-state index contributed by atoms with van der Waals surface area (Å²) in [6.07, 6.45) is 10.9. The van der Waals surface area contributed by atoms with Gasteiger partial charge in [-0.2, -0.15) is 0 Å². The monoisotopic (exact) mass is 400 g/mol. The molecule has 0 amide bonds. The molecule has 0 radical (unpaired) electrons. The first-order chi connectivity index (χ1) is 13.8. The molecule has 1 aromatic carbocycles. The number of alkyl halides is 1. The van der Waals surface area contributed by atoms with Crippen molar-refractivity contribution in [2.45, 2.75) is 78.3 Å². The first-order valence-corrected chi connectivity index (χ1v) is 10.6. The molecule has 2 rings (SSSR count). The standard InChI is InChI=1S/C24H33FN2O2/c1-4-5-6-7-8-9-10-19-16-26-22(27-17-19)20-13-11-18(12-14-20)15-24(2,3)21(25)23(28)29/h11-14,16-17,21H,4-10,15H2,1-3H3,(H,28,29)/t21-/m1/s1. The molecule has 2 aromatic rings. The average molecular weight is 401 g/mol. The minimum atomic E-state index is -1.90. The van der Waals surface area contributed by atoms with Crippen molar-refractivity contribution in [1.82, 2.24) is 9.97 Å². The van der Waals surface area contributed by atoms with Crippen LogP contribution in [0.4, 0.5) is 4.39 Å². The Morgan fingerprint density at radius 1 is 1.00 bits per heavy atom. The van der Waals surface area contributed by atoms with Gasteiger partial charge in [-0.15, -0.1) is 0 Å². The van der Waals surface area contributed by atoms with Crippen molar-refractivity contribution < 1.29 is 14.3 Å². The van der Waals surface area contributed by atoms with Crippen LogP contribution in [0.5, 0.6) is 0 Å². The average Bonchev–Trinajstić information content (AvgIpc) is 2.71. The number of carboxylic acid groups (broad SMARTS) is 1. The van der Waals surface area contributed by atoms with E-state index in [4.69, 9.17) is 5.11 Å².